The van der Waals surface area contributed by atoms with Crippen LogP contribution in [0.2, 0.25) is 0 Å². The molecule has 0 spiro atoms. The summed E-state index contributed by atoms with van der Waals surface area (Å²) >= 11 is 0. The molecule has 104 valence electrons. The lowest BCUT2D eigenvalue weighted by atomic mass is 10.1. The number of likely N-dealkylation sites (N-methyl/N-ethyl adjacent to an activating group) is 1. The monoisotopic (exact) mass is 253 g/mol. The Morgan fingerprint density at radius 2 is 2.06 bits per heavy atom. The molecule has 3 aliphatic rings. The van der Waals surface area contributed by atoms with Gasteiger partial charge in [-0.15, -0.1) is 0 Å². The standard InChI is InChI=1S/C14H27N3O/c1-2-16-7-8-18-13(9-16)10-17-6-5-15-14(11-17)12-3-4-12/h12-15H,2-11H2,1H3. The Morgan fingerprint density at radius 1 is 1.17 bits per heavy atom. The molecular formula is C14H27N3O. The van der Waals surface area contributed by atoms with Gasteiger partial charge in [-0.3, -0.25) is 9.80 Å². The van der Waals surface area contributed by atoms with Gasteiger partial charge >= 0.3 is 0 Å². The van der Waals surface area contributed by atoms with E-state index in [1.807, 2.05) is 0 Å². The topological polar surface area (TPSA) is 27.7 Å². The minimum absolute atomic E-state index is 0.427. The lowest BCUT2D eigenvalue weighted by Gasteiger charge is -2.39. The minimum Gasteiger partial charge on any atom is -0.374 e. The van der Waals surface area contributed by atoms with E-state index in [-0.39, 0.29) is 0 Å². The number of morpholine rings is 1. The Bertz CT molecular complexity index is 270. The van der Waals surface area contributed by atoms with E-state index in [9.17, 15) is 0 Å². The SMILES string of the molecule is CCN1CCOC(CN2CCNC(C3CC3)C2)C1. The lowest BCUT2D eigenvalue weighted by Crippen LogP contribution is -2.55. The zero-order valence-corrected chi connectivity index (χ0v) is 11.6. The third-order valence-corrected chi connectivity index (χ3v) is 4.61. The summed E-state index contributed by atoms with van der Waals surface area (Å²) in [6.07, 6.45) is 3.31. The van der Waals surface area contributed by atoms with Crippen LogP contribution in [0.1, 0.15) is 19.8 Å². The van der Waals surface area contributed by atoms with Gasteiger partial charge in [-0.1, -0.05) is 6.92 Å². The molecule has 0 aromatic carbocycles. The van der Waals surface area contributed by atoms with E-state index in [1.165, 1.54) is 25.9 Å². The largest absolute Gasteiger partial charge is 0.374 e. The molecule has 3 fully saturated rings. The van der Waals surface area contributed by atoms with E-state index in [4.69, 9.17) is 4.74 Å². The summed E-state index contributed by atoms with van der Waals surface area (Å²) < 4.78 is 5.92. The van der Waals surface area contributed by atoms with Crippen LogP contribution in [0.4, 0.5) is 0 Å². The summed E-state index contributed by atoms with van der Waals surface area (Å²) in [5.41, 5.74) is 0. The third kappa shape index (κ3) is 3.23. The van der Waals surface area contributed by atoms with Crippen molar-refractivity contribution in [2.45, 2.75) is 31.9 Å². The van der Waals surface area contributed by atoms with E-state index in [2.05, 4.69) is 22.0 Å². The molecule has 18 heavy (non-hydrogen) atoms. The third-order valence-electron chi connectivity index (χ3n) is 4.61. The van der Waals surface area contributed by atoms with Crippen molar-refractivity contribution in [3.63, 3.8) is 0 Å². The molecule has 3 rings (SSSR count). The van der Waals surface area contributed by atoms with Gasteiger partial charge in [0, 0.05) is 45.3 Å². The first-order valence-corrected chi connectivity index (χ1v) is 7.65. The van der Waals surface area contributed by atoms with E-state index >= 15 is 0 Å². The van der Waals surface area contributed by atoms with Crippen LogP contribution < -0.4 is 5.32 Å². The maximum Gasteiger partial charge on any atom is 0.0829 e. The van der Waals surface area contributed by atoms with Crippen molar-refractivity contribution in [1.82, 2.24) is 15.1 Å². The Hall–Kier alpha value is -0.160. The first-order valence-electron chi connectivity index (χ1n) is 7.65. The van der Waals surface area contributed by atoms with Crippen molar-refractivity contribution in [3.8, 4) is 0 Å². The lowest BCUT2D eigenvalue weighted by molar-refractivity contribution is -0.0449. The van der Waals surface area contributed by atoms with Crippen LogP contribution in [0.3, 0.4) is 0 Å². The highest BCUT2D eigenvalue weighted by molar-refractivity contribution is 4.91. The predicted molar refractivity (Wildman–Crippen MR) is 72.8 cm³/mol. The van der Waals surface area contributed by atoms with Crippen LogP contribution in [-0.2, 0) is 4.74 Å². The fourth-order valence-corrected chi connectivity index (χ4v) is 3.29. The van der Waals surface area contributed by atoms with Crippen molar-refractivity contribution in [1.29, 1.82) is 0 Å². The highest BCUT2D eigenvalue weighted by atomic mass is 16.5. The number of nitrogens with one attached hydrogen (secondary N) is 1. The van der Waals surface area contributed by atoms with E-state index in [0.29, 0.717) is 6.10 Å². The molecule has 2 heterocycles. The van der Waals surface area contributed by atoms with Crippen molar-refractivity contribution < 1.29 is 4.74 Å². The Labute approximate surface area is 111 Å². The van der Waals surface area contributed by atoms with Crippen molar-refractivity contribution in [2.24, 2.45) is 5.92 Å². The highest BCUT2D eigenvalue weighted by Gasteiger charge is 2.34. The summed E-state index contributed by atoms with van der Waals surface area (Å²) in [5.74, 6) is 0.965. The second-order valence-corrected chi connectivity index (χ2v) is 6.04. The molecule has 2 aliphatic heterocycles. The minimum atomic E-state index is 0.427. The van der Waals surface area contributed by atoms with Crippen LogP contribution in [0.5, 0.6) is 0 Å². The van der Waals surface area contributed by atoms with Crippen molar-refractivity contribution in [2.75, 3.05) is 52.4 Å². The van der Waals surface area contributed by atoms with E-state index < -0.39 is 0 Å². The molecule has 1 N–H and O–H groups in total. The molecule has 2 atom stereocenters. The molecule has 4 heteroatoms. The van der Waals surface area contributed by atoms with Gasteiger partial charge in [0.1, 0.15) is 0 Å². The second kappa shape index (κ2) is 5.87. The van der Waals surface area contributed by atoms with E-state index in [1.54, 1.807) is 0 Å². The second-order valence-electron chi connectivity index (χ2n) is 6.04. The zero-order chi connectivity index (χ0) is 12.4. The van der Waals surface area contributed by atoms with Crippen LogP contribution in [0, 0.1) is 5.92 Å². The number of rotatable bonds is 4. The van der Waals surface area contributed by atoms with Gasteiger partial charge in [0.15, 0.2) is 0 Å². The number of piperazine rings is 1. The quantitative estimate of drug-likeness (QED) is 0.784. The molecule has 1 aliphatic carbocycles. The summed E-state index contributed by atoms with van der Waals surface area (Å²) in [7, 11) is 0. The molecule has 0 bridgehead atoms. The molecule has 1 saturated carbocycles. The number of hydrogen-bond donors (Lipinski definition) is 1. The van der Waals surface area contributed by atoms with Gasteiger partial charge in [0.2, 0.25) is 0 Å². The fraction of sp³-hybridized carbons (Fsp3) is 1.00. The first-order chi connectivity index (χ1) is 8.85. The van der Waals surface area contributed by atoms with Crippen molar-refractivity contribution >= 4 is 0 Å². The van der Waals surface area contributed by atoms with Crippen LogP contribution in [0.25, 0.3) is 0 Å². The molecule has 0 radical (unpaired) electrons. The number of hydrogen-bond acceptors (Lipinski definition) is 4. The van der Waals surface area contributed by atoms with Gasteiger partial charge in [0.05, 0.1) is 12.7 Å². The normalized spacial score (nSPS) is 35.8. The molecule has 0 aromatic rings. The Morgan fingerprint density at radius 3 is 2.83 bits per heavy atom. The maximum absolute atomic E-state index is 5.92. The fourth-order valence-electron chi connectivity index (χ4n) is 3.29. The first kappa shape index (κ1) is 12.9. The molecule has 2 saturated heterocycles. The molecule has 0 amide bonds. The Balaban J connectivity index is 1.46. The van der Waals surface area contributed by atoms with Gasteiger partial charge < -0.3 is 10.1 Å². The van der Waals surface area contributed by atoms with Crippen LogP contribution >= 0.6 is 0 Å². The highest BCUT2D eigenvalue weighted by Crippen LogP contribution is 2.33. The summed E-state index contributed by atoms with van der Waals surface area (Å²) in [6.45, 7) is 11.3. The smallest absolute Gasteiger partial charge is 0.0829 e. The maximum atomic E-state index is 5.92. The molecule has 2 unspecified atom stereocenters. The summed E-state index contributed by atoms with van der Waals surface area (Å²) in [4.78, 5) is 5.12. The van der Waals surface area contributed by atoms with Gasteiger partial charge in [-0.05, 0) is 25.3 Å². The molecule has 4 nitrogen and oxygen atoms in total. The molecular weight excluding hydrogens is 226 g/mol. The van der Waals surface area contributed by atoms with Crippen LogP contribution in [-0.4, -0.2) is 74.4 Å². The van der Waals surface area contributed by atoms with Crippen LogP contribution in [0.15, 0.2) is 0 Å². The zero-order valence-electron chi connectivity index (χ0n) is 11.6. The van der Waals surface area contributed by atoms with Gasteiger partial charge in [-0.25, -0.2) is 0 Å². The average Bonchev–Trinajstić information content (AvgIpc) is 3.24. The van der Waals surface area contributed by atoms with Gasteiger partial charge in [-0.2, -0.15) is 0 Å². The van der Waals surface area contributed by atoms with Gasteiger partial charge in [0.25, 0.3) is 0 Å². The van der Waals surface area contributed by atoms with E-state index in [0.717, 1.165) is 51.3 Å². The number of nitrogens with zero attached hydrogens (tertiary/aromatic N) is 2. The predicted octanol–water partition coefficient (Wildman–Crippen LogP) is 0.391. The molecule has 0 aromatic heterocycles. The summed E-state index contributed by atoms with van der Waals surface area (Å²) in [5, 5.41) is 3.68. The summed E-state index contributed by atoms with van der Waals surface area (Å²) in [6, 6.07) is 0.754. The van der Waals surface area contributed by atoms with Crippen molar-refractivity contribution in [3.05, 3.63) is 0 Å². The Kier molecular flexibility index (Phi) is 4.19. The number of ether oxygens (including phenoxy) is 1. The average molecular weight is 253 g/mol.